The second-order valence-electron chi connectivity index (χ2n) is 9.14. The average Bonchev–Trinajstić information content (AvgIpc) is 2.73. The molecule has 1 fully saturated rings. The van der Waals surface area contributed by atoms with E-state index in [0.717, 1.165) is 44.0 Å². The molecule has 0 spiro atoms. The molecule has 1 aliphatic heterocycles. The molecule has 0 amide bonds. The van der Waals surface area contributed by atoms with E-state index in [9.17, 15) is 0 Å². The molecule has 2 N–H and O–H groups in total. The molecule has 0 radical (unpaired) electrons. The first-order chi connectivity index (χ1) is 14.4. The predicted octanol–water partition coefficient (Wildman–Crippen LogP) is 4.45. The van der Waals surface area contributed by atoms with Gasteiger partial charge in [0.1, 0.15) is 6.54 Å². The molecule has 0 unspecified atom stereocenters. The summed E-state index contributed by atoms with van der Waals surface area (Å²) in [5.74, 6) is 2.83. The van der Waals surface area contributed by atoms with Gasteiger partial charge in [0.05, 0.1) is 26.4 Å². The van der Waals surface area contributed by atoms with Crippen molar-refractivity contribution in [1.82, 2.24) is 0 Å². The Morgan fingerprint density at radius 3 is 2.47 bits per heavy atom. The highest BCUT2D eigenvalue weighted by atomic mass is 16.5. The number of methoxy groups -OCH3 is 2. The Kier molecular flexibility index (Phi) is 7.79. The van der Waals surface area contributed by atoms with Crippen LogP contribution < -0.4 is 14.8 Å². The predicted molar refractivity (Wildman–Crippen MR) is 121 cm³/mol. The molecule has 0 aromatic heterocycles. The van der Waals surface area contributed by atoms with Crippen molar-refractivity contribution >= 4 is 0 Å². The number of quaternary nitrogens is 1. The van der Waals surface area contributed by atoms with Gasteiger partial charge in [0.2, 0.25) is 0 Å². The number of hydrogen-bond donors (Lipinski definition) is 1. The van der Waals surface area contributed by atoms with Crippen molar-refractivity contribution in [2.75, 3.05) is 27.4 Å². The maximum atomic E-state index is 5.99. The molecule has 0 aliphatic carbocycles. The van der Waals surface area contributed by atoms with Crippen molar-refractivity contribution < 1.29 is 19.5 Å². The average molecular weight is 413 g/mol. The number of hydrogen-bond acceptors (Lipinski definition) is 3. The third kappa shape index (κ3) is 5.99. The molecule has 2 aromatic rings. The van der Waals surface area contributed by atoms with E-state index in [2.05, 4.69) is 62.5 Å². The number of aryl methyl sites for hydroxylation is 1. The molecule has 3 rings (SSSR count). The van der Waals surface area contributed by atoms with Gasteiger partial charge in [-0.15, -0.1) is 0 Å². The smallest absolute Gasteiger partial charge is 0.161 e. The van der Waals surface area contributed by atoms with Crippen molar-refractivity contribution in [3.05, 3.63) is 59.2 Å². The summed E-state index contributed by atoms with van der Waals surface area (Å²) in [4.78, 5) is 0. The van der Waals surface area contributed by atoms with Crippen LogP contribution in [0.2, 0.25) is 0 Å². The fourth-order valence-corrected chi connectivity index (χ4v) is 4.68. The van der Waals surface area contributed by atoms with Crippen LogP contribution in [0.4, 0.5) is 0 Å². The van der Waals surface area contributed by atoms with E-state index >= 15 is 0 Å². The van der Waals surface area contributed by atoms with Gasteiger partial charge < -0.3 is 19.5 Å². The van der Waals surface area contributed by atoms with Gasteiger partial charge in [-0.1, -0.05) is 29.8 Å². The first-order valence-electron chi connectivity index (χ1n) is 11.1. The lowest BCUT2D eigenvalue weighted by molar-refractivity contribution is -0.671. The minimum Gasteiger partial charge on any atom is -0.493 e. The van der Waals surface area contributed by atoms with E-state index in [-0.39, 0.29) is 5.60 Å². The maximum absolute atomic E-state index is 5.99. The quantitative estimate of drug-likeness (QED) is 0.619. The van der Waals surface area contributed by atoms with Crippen LogP contribution in [0, 0.1) is 12.8 Å². The first kappa shape index (κ1) is 22.6. The second-order valence-corrected chi connectivity index (χ2v) is 9.14. The zero-order valence-electron chi connectivity index (χ0n) is 19.2. The van der Waals surface area contributed by atoms with Crippen LogP contribution in [0.1, 0.15) is 55.7 Å². The summed E-state index contributed by atoms with van der Waals surface area (Å²) in [6.07, 6.45) is 3.45. The van der Waals surface area contributed by atoms with E-state index < -0.39 is 0 Å². The van der Waals surface area contributed by atoms with E-state index in [1.165, 1.54) is 23.1 Å². The minimum absolute atomic E-state index is 0.0186. The lowest BCUT2D eigenvalue weighted by Gasteiger charge is -2.39. The molecule has 4 nitrogen and oxygen atoms in total. The monoisotopic (exact) mass is 412 g/mol. The highest BCUT2D eigenvalue weighted by Crippen LogP contribution is 2.39. The van der Waals surface area contributed by atoms with Gasteiger partial charge in [0, 0.05) is 18.6 Å². The van der Waals surface area contributed by atoms with Gasteiger partial charge >= 0.3 is 0 Å². The van der Waals surface area contributed by atoms with Gasteiger partial charge in [-0.05, 0) is 69.2 Å². The van der Waals surface area contributed by atoms with E-state index in [0.29, 0.717) is 11.8 Å². The third-order valence-electron chi connectivity index (χ3n) is 6.32. The van der Waals surface area contributed by atoms with Crippen LogP contribution in [-0.2, 0) is 11.3 Å². The topological polar surface area (TPSA) is 44.3 Å². The number of rotatable bonds is 9. The fourth-order valence-electron chi connectivity index (χ4n) is 4.68. The van der Waals surface area contributed by atoms with Crippen LogP contribution in [-0.4, -0.2) is 33.0 Å². The minimum atomic E-state index is -0.0186. The van der Waals surface area contributed by atoms with Gasteiger partial charge in [-0.25, -0.2) is 0 Å². The van der Waals surface area contributed by atoms with E-state index in [1.807, 2.05) is 6.07 Å². The van der Waals surface area contributed by atoms with Crippen molar-refractivity contribution in [2.24, 2.45) is 5.92 Å². The molecule has 1 saturated heterocycles. The SMILES string of the molecule is COc1ccc(C[NH2+]CC[C@@H](c2ccc(C)cc2)[C@H]2CCOC(C)(C)C2)cc1OC. The Bertz CT molecular complexity index is 800. The standard InChI is InChI=1S/C26H37NO3/c1-19-6-9-21(10-7-19)23(22-13-15-30-26(2,3)17-22)12-14-27-18-20-8-11-24(28-4)25(16-20)29-5/h6-11,16,22-23,27H,12-15,17-18H2,1-5H3/p+1/t22-,23-/m0/s1. The lowest BCUT2D eigenvalue weighted by Crippen LogP contribution is -2.82. The van der Waals surface area contributed by atoms with Crippen LogP contribution >= 0.6 is 0 Å². The van der Waals surface area contributed by atoms with Crippen LogP contribution in [0.25, 0.3) is 0 Å². The fraction of sp³-hybridized carbons (Fsp3) is 0.538. The summed E-state index contributed by atoms with van der Waals surface area (Å²) in [5.41, 5.74) is 4.04. The van der Waals surface area contributed by atoms with Crippen molar-refractivity contribution in [2.45, 2.75) is 58.1 Å². The van der Waals surface area contributed by atoms with Gasteiger partial charge in [0.15, 0.2) is 11.5 Å². The molecule has 0 saturated carbocycles. The largest absolute Gasteiger partial charge is 0.493 e. The first-order valence-corrected chi connectivity index (χ1v) is 11.1. The summed E-state index contributed by atoms with van der Waals surface area (Å²) in [5, 5.41) is 2.41. The molecule has 2 atom stereocenters. The lowest BCUT2D eigenvalue weighted by atomic mass is 9.75. The molecule has 1 aliphatic rings. The van der Waals surface area contributed by atoms with E-state index in [4.69, 9.17) is 14.2 Å². The molecule has 1 heterocycles. The Hall–Kier alpha value is -2.04. The van der Waals surface area contributed by atoms with Crippen LogP contribution in [0.15, 0.2) is 42.5 Å². The zero-order chi connectivity index (χ0) is 21.6. The Balaban J connectivity index is 1.63. The van der Waals surface area contributed by atoms with Crippen LogP contribution in [0.3, 0.4) is 0 Å². The molecule has 164 valence electrons. The summed E-state index contributed by atoms with van der Waals surface area (Å²) < 4.78 is 16.8. The van der Waals surface area contributed by atoms with Gasteiger partial charge in [0.25, 0.3) is 0 Å². The number of nitrogens with two attached hydrogens (primary N) is 1. The molecular weight excluding hydrogens is 374 g/mol. The zero-order valence-corrected chi connectivity index (χ0v) is 19.2. The summed E-state index contributed by atoms with van der Waals surface area (Å²) in [7, 11) is 3.36. The Morgan fingerprint density at radius 2 is 1.80 bits per heavy atom. The molecule has 4 heteroatoms. The summed E-state index contributed by atoms with van der Waals surface area (Å²) >= 11 is 0. The molecule has 30 heavy (non-hydrogen) atoms. The normalized spacial score (nSPS) is 19.3. The molecular formula is C26H38NO3+. The van der Waals surface area contributed by atoms with E-state index in [1.54, 1.807) is 14.2 Å². The highest BCUT2D eigenvalue weighted by molar-refractivity contribution is 5.42. The number of ether oxygens (including phenoxy) is 3. The van der Waals surface area contributed by atoms with Crippen molar-refractivity contribution in [3.63, 3.8) is 0 Å². The van der Waals surface area contributed by atoms with Crippen molar-refractivity contribution in [1.29, 1.82) is 0 Å². The Labute approximate surface area is 181 Å². The van der Waals surface area contributed by atoms with Crippen LogP contribution in [0.5, 0.6) is 11.5 Å². The summed E-state index contributed by atoms with van der Waals surface area (Å²) in [6.45, 7) is 9.54. The molecule has 0 bridgehead atoms. The molecule has 2 aromatic carbocycles. The maximum Gasteiger partial charge on any atom is 0.161 e. The second kappa shape index (κ2) is 10.3. The number of benzene rings is 2. The highest BCUT2D eigenvalue weighted by Gasteiger charge is 2.34. The Morgan fingerprint density at radius 1 is 1.07 bits per heavy atom. The van der Waals surface area contributed by atoms with Crippen molar-refractivity contribution in [3.8, 4) is 11.5 Å². The van der Waals surface area contributed by atoms with Gasteiger partial charge in [-0.3, -0.25) is 0 Å². The third-order valence-corrected chi connectivity index (χ3v) is 6.32. The summed E-state index contributed by atoms with van der Waals surface area (Å²) in [6, 6.07) is 15.3. The van der Waals surface area contributed by atoms with Gasteiger partial charge in [-0.2, -0.15) is 0 Å².